The molecule has 3 aliphatic heterocycles. The number of nitrogens with zero attached hydrogens (tertiary/aromatic N) is 9. The van der Waals surface area contributed by atoms with E-state index >= 15 is 0 Å². The van der Waals surface area contributed by atoms with Crippen molar-refractivity contribution in [3.05, 3.63) is 71.4 Å². The number of aryl methyl sites for hydroxylation is 2. The lowest BCUT2D eigenvalue weighted by Crippen LogP contribution is -2.52. The number of pyridine rings is 1. The zero-order chi connectivity index (χ0) is 68.0. The number of nitriles is 1. The number of Topliss-reactive ketones (excluding diaryl/α,β-unsaturated/α-hetero) is 1. The Morgan fingerprint density at radius 1 is 0.660 bits per heavy atom. The number of unbranched alkanes of at least 4 members (excludes halogenated alkanes) is 3. The zero-order valence-electron chi connectivity index (χ0n) is 54.4. The highest BCUT2D eigenvalue weighted by atomic mass is 19.3. The molecule has 4 heterocycles. The van der Waals surface area contributed by atoms with Crippen molar-refractivity contribution >= 4 is 64.1 Å². The van der Waals surface area contributed by atoms with Crippen LogP contribution in [0.3, 0.4) is 0 Å². The van der Waals surface area contributed by atoms with Crippen LogP contribution in [-0.4, -0.2) is 270 Å². The van der Waals surface area contributed by atoms with Gasteiger partial charge < -0.3 is 45.8 Å². The maximum absolute atomic E-state index is 13.9. The molecular weight excluding hydrogens is 1220 g/mol. The second-order valence-electron chi connectivity index (χ2n) is 24.7. The Balaban J connectivity index is 0.925. The molecule has 5 amide bonds. The molecular formula is C66H95F2N13O13. The van der Waals surface area contributed by atoms with Crippen LogP contribution in [0.1, 0.15) is 112 Å². The number of ether oxygens (including phenoxy) is 1. The molecule has 26 nitrogen and oxygen atoms in total. The third kappa shape index (κ3) is 27.3. The number of halogens is 2. The number of aliphatic carboxylic acids is 3. The highest BCUT2D eigenvalue weighted by Crippen LogP contribution is 2.33. The first kappa shape index (κ1) is 75.2. The van der Waals surface area contributed by atoms with Gasteiger partial charge in [0.25, 0.3) is 5.92 Å². The fourth-order valence-corrected chi connectivity index (χ4v) is 11.8. The summed E-state index contributed by atoms with van der Waals surface area (Å²) in [6.45, 7) is 8.21. The molecule has 3 atom stereocenters. The maximum Gasteiger partial charge on any atom is 0.317 e. The minimum atomic E-state index is -3.15. The molecule has 28 heteroatoms. The van der Waals surface area contributed by atoms with Gasteiger partial charge in [-0.05, 0) is 102 Å². The van der Waals surface area contributed by atoms with Gasteiger partial charge in [0.1, 0.15) is 17.8 Å². The third-order valence-corrected chi connectivity index (χ3v) is 17.1. The van der Waals surface area contributed by atoms with Crippen LogP contribution in [0.25, 0.3) is 10.9 Å². The van der Waals surface area contributed by atoms with Crippen LogP contribution in [0.4, 0.5) is 8.78 Å². The van der Waals surface area contributed by atoms with Crippen molar-refractivity contribution in [2.24, 2.45) is 0 Å². The SMILES string of the molecule is Cc1ccc(CCCC(=O)NC(C)NCCCCC(NC(=O)CN2CCN(CC(=O)O)CCN(CC(=O)O)CCN(CC(=O)O)CC2)C(=O)NCCCCCC(=O)N2CCN(CCCOc3ccc4nccc(C(=O)CCC(=O)N5CC(F)(F)C[C@@H]5C#N)c4c3)CC2)cc1. The topological polar surface area (TPSA) is 331 Å². The molecule has 0 aliphatic carbocycles. The first-order chi connectivity index (χ1) is 45.0. The van der Waals surface area contributed by atoms with E-state index in [9.17, 15) is 72.5 Å². The van der Waals surface area contributed by atoms with Crippen molar-refractivity contribution in [2.75, 3.05) is 138 Å². The van der Waals surface area contributed by atoms with Gasteiger partial charge in [-0.2, -0.15) is 5.26 Å². The van der Waals surface area contributed by atoms with Crippen LogP contribution < -0.4 is 26.0 Å². The fourth-order valence-electron chi connectivity index (χ4n) is 11.8. The van der Waals surface area contributed by atoms with Crippen molar-refractivity contribution in [1.82, 2.24) is 60.6 Å². The molecule has 1 aromatic heterocycles. The molecule has 0 bridgehead atoms. The van der Waals surface area contributed by atoms with Gasteiger partial charge in [-0.3, -0.25) is 78.0 Å². The first-order valence-electron chi connectivity index (χ1n) is 32.8. The summed E-state index contributed by atoms with van der Waals surface area (Å²) in [4.78, 5) is 131. The number of benzene rings is 2. The van der Waals surface area contributed by atoms with Gasteiger partial charge in [0.05, 0.1) is 57.1 Å². The summed E-state index contributed by atoms with van der Waals surface area (Å²) in [5.74, 6) is -7.71. The number of nitrogens with one attached hydrogen (secondary N) is 4. The summed E-state index contributed by atoms with van der Waals surface area (Å²) in [7, 11) is 0. The third-order valence-electron chi connectivity index (χ3n) is 17.1. The van der Waals surface area contributed by atoms with Crippen LogP contribution in [0.15, 0.2) is 54.7 Å². The van der Waals surface area contributed by atoms with Crippen LogP contribution in [0.2, 0.25) is 0 Å². The predicted molar refractivity (Wildman–Crippen MR) is 345 cm³/mol. The van der Waals surface area contributed by atoms with Gasteiger partial charge in [-0.15, -0.1) is 0 Å². The van der Waals surface area contributed by atoms with Crippen LogP contribution in [0, 0.1) is 18.3 Å². The monoisotopic (exact) mass is 1320 g/mol. The minimum absolute atomic E-state index is 0.0536. The van der Waals surface area contributed by atoms with E-state index in [-0.39, 0.29) is 121 Å². The quantitative estimate of drug-likeness (QED) is 0.0250. The normalized spacial score (nSPS) is 17.8. The highest BCUT2D eigenvalue weighted by molar-refractivity contribution is 6.08. The second-order valence-corrected chi connectivity index (χ2v) is 24.7. The van der Waals surface area contributed by atoms with Gasteiger partial charge in [-0.1, -0.05) is 36.2 Å². The number of rotatable bonds is 36. The van der Waals surface area contributed by atoms with Gasteiger partial charge in [-0.25, -0.2) is 8.78 Å². The van der Waals surface area contributed by atoms with Crippen LogP contribution >= 0.6 is 0 Å². The first-order valence-corrected chi connectivity index (χ1v) is 32.8. The minimum Gasteiger partial charge on any atom is -0.494 e. The number of fused-ring (bicyclic) bond motifs is 1. The molecule has 3 aliphatic rings. The number of alkyl halides is 2. The number of amides is 5. The molecule has 0 saturated carbocycles. The summed E-state index contributed by atoms with van der Waals surface area (Å²) < 4.78 is 33.9. The number of carboxylic acids is 3. The summed E-state index contributed by atoms with van der Waals surface area (Å²) in [5.41, 5.74) is 3.22. The van der Waals surface area contributed by atoms with Crippen molar-refractivity contribution in [1.29, 1.82) is 5.26 Å². The molecule has 3 aromatic rings. The number of carboxylic acid groups (broad SMARTS) is 3. The van der Waals surface area contributed by atoms with Crippen LogP contribution in [-0.2, 0) is 44.8 Å². The van der Waals surface area contributed by atoms with E-state index in [2.05, 4.69) is 55.4 Å². The Labute approximate surface area is 548 Å². The lowest BCUT2D eigenvalue weighted by Gasteiger charge is -2.34. The second kappa shape index (κ2) is 39.2. The number of carbonyl (C=O) groups excluding carboxylic acids is 6. The number of piperazine rings is 1. The summed E-state index contributed by atoms with van der Waals surface area (Å²) >= 11 is 0. The Bertz CT molecular complexity index is 3010. The Morgan fingerprint density at radius 3 is 1.88 bits per heavy atom. The predicted octanol–water partition coefficient (Wildman–Crippen LogP) is 3.06. The van der Waals surface area contributed by atoms with Crippen molar-refractivity contribution in [2.45, 2.75) is 128 Å². The van der Waals surface area contributed by atoms with Crippen molar-refractivity contribution < 1.29 is 72.0 Å². The summed E-state index contributed by atoms with van der Waals surface area (Å²) in [6.07, 6.45) is 6.20. The molecule has 516 valence electrons. The Hall–Kier alpha value is -7.81. The molecule has 6 rings (SSSR count). The molecule has 2 aromatic carbocycles. The molecule has 3 fully saturated rings. The summed E-state index contributed by atoms with van der Waals surface area (Å²) in [5, 5.41) is 50.9. The zero-order valence-corrected chi connectivity index (χ0v) is 54.4. The average Bonchev–Trinajstić information content (AvgIpc) is 1.12. The van der Waals surface area contributed by atoms with E-state index in [0.29, 0.717) is 132 Å². The average molecular weight is 1320 g/mol. The molecule has 7 N–H and O–H groups in total. The largest absolute Gasteiger partial charge is 0.494 e. The van der Waals surface area contributed by atoms with Gasteiger partial charge in [0, 0.05) is 141 Å². The van der Waals surface area contributed by atoms with Crippen molar-refractivity contribution in [3.8, 4) is 11.8 Å². The van der Waals surface area contributed by atoms with Gasteiger partial charge >= 0.3 is 17.9 Å². The molecule has 0 spiro atoms. The van der Waals surface area contributed by atoms with E-state index in [1.807, 2.05) is 18.7 Å². The number of aromatic nitrogens is 1. The lowest BCUT2D eigenvalue weighted by molar-refractivity contribution is -0.140. The molecule has 94 heavy (non-hydrogen) atoms. The number of hydrogen-bond acceptors (Lipinski definition) is 18. The van der Waals surface area contributed by atoms with E-state index in [1.54, 1.807) is 49.9 Å². The number of ketones is 1. The maximum atomic E-state index is 13.9. The molecule has 0 radical (unpaired) electrons. The number of carbonyl (C=O) groups is 9. The Kier molecular flexibility index (Phi) is 31.3. The number of hydrogen-bond donors (Lipinski definition) is 7. The molecule has 3 saturated heterocycles. The van der Waals surface area contributed by atoms with Crippen LogP contribution in [0.5, 0.6) is 5.75 Å². The van der Waals surface area contributed by atoms with Gasteiger partial charge in [0.15, 0.2) is 5.78 Å². The summed E-state index contributed by atoms with van der Waals surface area (Å²) in [6, 6.07) is 14.6. The van der Waals surface area contributed by atoms with E-state index < -0.39 is 60.7 Å². The lowest BCUT2D eigenvalue weighted by atomic mass is 10.0. The van der Waals surface area contributed by atoms with E-state index in [0.717, 1.165) is 17.9 Å². The van der Waals surface area contributed by atoms with E-state index in [1.165, 1.54) is 17.3 Å². The Morgan fingerprint density at radius 2 is 1.27 bits per heavy atom. The van der Waals surface area contributed by atoms with Crippen molar-refractivity contribution in [3.63, 3.8) is 0 Å². The van der Waals surface area contributed by atoms with E-state index in [4.69, 9.17) is 4.74 Å². The standard InChI is InChI=1S/C66H95F2N13O13/c1-48-14-16-50(17-15-48)10-8-12-58(83)73-49(2)70-23-7-5-11-56(74-59(84)43-76-27-29-77(44-62(87)88)31-33-79(46-64(91)92)34-32-78(30-28-76)45-63(89)90)65(93)72-24-6-3-4-13-60(85)80-37-35-75(36-38-80)26-9-39-94-52-18-19-55-54(40-52)53(22-25-71-55)57(82)20-21-61(86)81-47-66(67,68)41-51(81)42-69/h14-19,22,25,40,49,51,56,70H,3-13,20-21,23-24,26-39,41,43-47H2,1-2H3,(H,72,93)(H,73,83)(H,74,84)(H,87,88)(H,89,90)(H,91,92)/t49?,51-,56?/m1/s1. The highest BCUT2D eigenvalue weighted by Gasteiger charge is 2.47. The fraction of sp³-hybridized carbons (Fsp3) is 0.621. The molecule has 2 unspecified atom stereocenters. The number of likely N-dealkylation sites (tertiary alicyclic amines) is 1. The smallest absolute Gasteiger partial charge is 0.317 e. The van der Waals surface area contributed by atoms with Gasteiger partial charge in [0.2, 0.25) is 29.5 Å².